The predicted octanol–water partition coefficient (Wildman–Crippen LogP) is 3.89. The van der Waals surface area contributed by atoms with E-state index >= 15 is 0 Å². The molecule has 0 heterocycles. The molecule has 1 unspecified atom stereocenters. The van der Waals surface area contributed by atoms with Crippen molar-refractivity contribution in [3.63, 3.8) is 0 Å². The number of benzene rings is 2. The Morgan fingerprint density at radius 1 is 1.25 bits per heavy atom. The van der Waals surface area contributed by atoms with Gasteiger partial charge in [0.25, 0.3) is 0 Å². The van der Waals surface area contributed by atoms with Gasteiger partial charge in [0, 0.05) is 10.7 Å². The minimum absolute atomic E-state index is 0.221. The molecular formula is C16H14ClN3. The quantitative estimate of drug-likeness (QED) is 0.822. The molecule has 20 heavy (non-hydrogen) atoms. The summed E-state index contributed by atoms with van der Waals surface area (Å²) in [6, 6.07) is 13.8. The monoisotopic (exact) mass is 283 g/mol. The van der Waals surface area contributed by atoms with E-state index in [2.05, 4.69) is 17.5 Å². The maximum Gasteiger partial charge on any atom is 0.101 e. The lowest BCUT2D eigenvalue weighted by Crippen LogP contribution is -2.08. The van der Waals surface area contributed by atoms with Gasteiger partial charge in [0.2, 0.25) is 0 Å². The summed E-state index contributed by atoms with van der Waals surface area (Å²) in [5.41, 5.74) is 10.6. The number of nitrogens with zero attached hydrogens (tertiary/aromatic N) is 1. The van der Waals surface area contributed by atoms with Crippen LogP contribution in [-0.4, -0.2) is 0 Å². The molecule has 1 aliphatic rings. The van der Waals surface area contributed by atoms with Crippen LogP contribution in [0.15, 0.2) is 36.4 Å². The van der Waals surface area contributed by atoms with Crippen molar-refractivity contribution >= 4 is 23.0 Å². The van der Waals surface area contributed by atoms with Crippen LogP contribution in [0, 0.1) is 11.3 Å². The molecule has 0 saturated heterocycles. The number of hydrogen-bond acceptors (Lipinski definition) is 3. The highest BCUT2D eigenvalue weighted by Gasteiger charge is 2.23. The van der Waals surface area contributed by atoms with E-state index in [0.29, 0.717) is 10.6 Å². The lowest BCUT2D eigenvalue weighted by molar-refractivity contribution is 0.762. The number of halogens is 1. The average molecular weight is 284 g/mol. The molecule has 4 heteroatoms. The second-order valence-corrected chi connectivity index (χ2v) is 5.43. The lowest BCUT2D eigenvalue weighted by atomic mass is 10.1. The second-order valence-electron chi connectivity index (χ2n) is 5.00. The van der Waals surface area contributed by atoms with Gasteiger partial charge in [0.05, 0.1) is 17.3 Å². The van der Waals surface area contributed by atoms with E-state index in [-0.39, 0.29) is 6.04 Å². The molecule has 1 aliphatic carbocycles. The van der Waals surface area contributed by atoms with E-state index in [9.17, 15) is 5.26 Å². The number of aryl methyl sites for hydroxylation is 1. The second kappa shape index (κ2) is 5.07. The summed E-state index contributed by atoms with van der Waals surface area (Å²) in [6.45, 7) is 0. The Balaban J connectivity index is 1.90. The predicted molar refractivity (Wildman–Crippen MR) is 81.7 cm³/mol. The molecule has 100 valence electrons. The highest BCUT2D eigenvalue weighted by molar-refractivity contribution is 6.30. The van der Waals surface area contributed by atoms with Gasteiger partial charge >= 0.3 is 0 Å². The number of nitriles is 1. The van der Waals surface area contributed by atoms with Gasteiger partial charge in [-0.3, -0.25) is 0 Å². The molecule has 0 fully saturated rings. The fourth-order valence-electron chi connectivity index (χ4n) is 2.71. The van der Waals surface area contributed by atoms with Crippen LogP contribution in [0.1, 0.15) is 29.2 Å². The molecule has 0 radical (unpaired) electrons. The SMILES string of the molecule is N#Cc1cc(Cl)ccc1NC1CCc2cc(N)ccc21. The number of anilines is 2. The van der Waals surface area contributed by atoms with Gasteiger partial charge in [-0.25, -0.2) is 0 Å². The molecule has 0 saturated carbocycles. The van der Waals surface area contributed by atoms with Gasteiger partial charge in [0.1, 0.15) is 6.07 Å². The van der Waals surface area contributed by atoms with Gasteiger partial charge in [0.15, 0.2) is 0 Å². The zero-order valence-electron chi connectivity index (χ0n) is 10.9. The molecule has 0 bridgehead atoms. The van der Waals surface area contributed by atoms with Crippen LogP contribution in [0.3, 0.4) is 0 Å². The Morgan fingerprint density at radius 3 is 2.90 bits per heavy atom. The van der Waals surface area contributed by atoms with Crippen molar-refractivity contribution in [3.8, 4) is 6.07 Å². The van der Waals surface area contributed by atoms with Crippen molar-refractivity contribution in [2.75, 3.05) is 11.1 Å². The maximum atomic E-state index is 9.18. The zero-order valence-corrected chi connectivity index (χ0v) is 11.6. The van der Waals surface area contributed by atoms with E-state index in [1.165, 1.54) is 11.1 Å². The normalized spacial score (nSPS) is 16.5. The Kier molecular flexibility index (Phi) is 3.25. The summed E-state index contributed by atoms with van der Waals surface area (Å²) in [7, 11) is 0. The number of nitrogens with two attached hydrogens (primary N) is 1. The summed E-state index contributed by atoms with van der Waals surface area (Å²) < 4.78 is 0. The summed E-state index contributed by atoms with van der Waals surface area (Å²) in [4.78, 5) is 0. The van der Waals surface area contributed by atoms with Gasteiger partial charge in [-0.1, -0.05) is 17.7 Å². The van der Waals surface area contributed by atoms with Gasteiger partial charge in [-0.2, -0.15) is 5.26 Å². The van der Waals surface area contributed by atoms with E-state index in [4.69, 9.17) is 17.3 Å². The topological polar surface area (TPSA) is 61.8 Å². The Hall–Kier alpha value is -2.18. The molecule has 0 aliphatic heterocycles. The third-order valence-electron chi connectivity index (χ3n) is 3.68. The lowest BCUT2D eigenvalue weighted by Gasteiger charge is -2.17. The van der Waals surface area contributed by atoms with Gasteiger partial charge in [-0.15, -0.1) is 0 Å². The van der Waals surface area contributed by atoms with Crippen molar-refractivity contribution in [2.24, 2.45) is 0 Å². The minimum Gasteiger partial charge on any atom is -0.399 e. The molecule has 0 spiro atoms. The van der Waals surface area contributed by atoms with Crippen LogP contribution in [0.4, 0.5) is 11.4 Å². The van der Waals surface area contributed by atoms with E-state index in [1.54, 1.807) is 12.1 Å². The summed E-state index contributed by atoms with van der Waals surface area (Å²) in [5.74, 6) is 0. The van der Waals surface area contributed by atoms with Crippen molar-refractivity contribution in [2.45, 2.75) is 18.9 Å². The Labute approximate surface area is 123 Å². The summed E-state index contributed by atoms with van der Waals surface area (Å²) in [6.07, 6.45) is 2.01. The average Bonchev–Trinajstić information content (AvgIpc) is 2.83. The molecule has 3 N–H and O–H groups in total. The minimum atomic E-state index is 0.221. The van der Waals surface area contributed by atoms with Crippen molar-refractivity contribution in [1.82, 2.24) is 0 Å². The van der Waals surface area contributed by atoms with Crippen LogP contribution in [-0.2, 0) is 6.42 Å². The number of rotatable bonds is 2. The van der Waals surface area contributed by atoms with Crippen molar-refractivity contribution in [1.29, 1.82) is 5.26 Å². The van der Waals surface area contributed by atoms with E-state index < -0.39 is 0 Å². The first-order chi connectivity index (χ1) is 9.67. The third kappa shape index (κ3) is 2.31. The number of nitrogens with one attached hydrogen (secondary N) is 1. The fourth-order valence-corrected chi connectivity index (χ4v) is 2.88. The number of fused-ring (bicyclic) bond motifs is 1. The van der Waals surface area contributed by atoms with Crippen molar-refractivity contribution < 1.29 is 0 Å². The summed E-state index contributed by atoms with van der Waals surface area (Å²) >= 11 is 5.92. The van der Waals surface area contributed by atoms with Gasteiger partial charge in [-0.05, 0) is 54.3 Å². The first-order valence-electron chi connectivity index (χ1n) is 6.52. The first-order valence-corrected chi connectivity index (χ1v) is 6.89. The standard InChI is InChI=1S/C16H14ClN3/c17-12-2-6-15(11(7-12)9-18)20-16-5-1-10-8-13(19)3-4-14(10)16/h2-4,6-8,16,20H,1,5,19H2. The highest BCUT2D eigenvalue weighted by Crippen LogP contribution is 2.35. The van der Waals surface area contributed by atoms with E-state index in [1.807, 2.05) is 18.2 Å². The number of hydrogen-bond donors (Lipinski definition) is 2. The fraction of sp³-hybridized carbons (Fsp3) is 0.188. The first kappa shape index (κ1) is 12.8. The van der Waals surface area contributed by atoms with Crippen LogP contribution in [0.5, 0.6) is 0 Å². The molecule has 3 nitrogen and oxygen atoms in total. The molecule has 3 rings (SSSR count). The zero-order chi connectivity index (χ0) is 14.1. The number of nitrogen functional groups attached to an aromatic ring is 1. The largest absolute Gasteiger partial charge is 0.399 e. The Morgan fingerprint density at radius 2 is 2.10 bits per heavy atom. The molecule has 0 amide bonds. The smallest absolute Gasteiger partial charge is 0.101 e. The molecule has 0 aromatic heterocycles. The van der Waals surface area contributed by atoms with Crippen LogP contribution < -0.4 is 11.1 Å². The van der Waals surface area contributed by atoms with E-state index in [0.717, 1.165) is 24.2 Å². The van der Waals surface area contributed by atoms with Crippen LogP contribution >= 0.6 is 11.6 Å². The van der Waals surface area contributed by atoms with Crippen LogP contribution in [0.25, 0.3) is 0 Å². The van der Waals surface area contributed by atoms with Gasteiger partial charge < -0.3 is 11.1 Å². The van der Waals surface area contributed by atoms with Crippen molar-refractivity contribution in [3.05, 3.63) is 58.1 Å². The molecule has 2 aromatic rings. The maximum absolute atomic E-state index is 9.18. The van der Waals surface area contributed by atoms with Crippen LogP contribution in [0.2, 0.25) is 5.02 Å². The molecular weight excluding hydrogens is 270 g/mol. The highest BCUT2D eigenvalue weighted by atomic mass is 35.5. The third-order valence-corrected chi connectivity index (χ3v) is 3.91. The Bertz CT molecular complexity index is 703. The molecule has 1 atom stereocenters. The summed E-state index contributed by atoms with van der Waals surface area (Å²) in [5, 5.41) is 13.2. The molecule has 2 aromatic carbocycles.